The van der Waals surface area contributed by atoms with Crippen molar-refractivity contribution in [3.63, 3.8) is 0 Å². The van der Waals surface area contributed by atoms with E-state index in [0.717, 1.165) is 5.57 Å². The summed E-state index contributed by atoms with van der Waals surface area (Å²) in [6.07, 6.45) is 6.10. The Bertz CT molecular complexity index is 233. The van der Waals surface area contributed by atoms with Crippen LogP contribution in [-0.2, 0) is 0 Å². The Kier molecular flexibility index (Phi) is 7.16. The van der Waals surface area contributed by atoms with E-state index < -0.39 is 0 Å². The molecule has 2 nitrogen and oxygen atoms in total. The lowest BCUT2D eigenvalue weighted by atomic mass is 9.88. The van der Waals surface area contributed by atoms with Crippen LogP contribution < -0.4 is 5.73 Å². The molecule has 0 aliphatic heterocycles. The van der Waals surface area contributed by atoms with E-state index in [1.807, 2.05) is 13.0 Å². The van der Waals surface area contributed by atoms with Gasteiger partial charge in [-0.1, -0.05) is 35.9 Å². The minimum atomic E-state index is 0.115. The Morgan fingerprint density at radius 3 is 2.71 bits per heavy atom. The highest BCUT2D eigenvalue weighted by Crippen LogP contribution is 2.14. The molecule has 2 radical (unpaired) electrons. The van der Waals surface area contributed by atoms with Gasteiger partial charge in [-0.15, -0.1) is 0 Å². The second-order valence-corrected chi connectivity index (χ2v) is 3.16. The number of hydrogen-bond donors (Lipinski definition) is 2. The van der Waals surface area contributed by atoms with Crippen LogP contribution >= 0.6 is 0 Å². The van der Waals surface area contributed by atoms with Crippen LogP contribution in [0, 0.1) is 5.92 Å². The molecule has 0 spiro atoms. The third kappa shape index (κ3) is 5.05. The molecule has 1 atom stereocenters. The zero-order chi connectivity index (χ0) is 11.0. The lowest BCUT2D eigenvalue weighted by Gasteiger charge is -2.13. The van der Waals surface area contributed by atoms with Crippen molar-refractivity contribution in [3.8, 4) is 0 Å². The van der Waals surface area contributed by atoms with Gasteiger partial charge in [-0.3, -0.25) is 0 Å². The first kappa shape index (κ1) is 13.2. The van der Waals surface area contributed by atoms with E-state index in [9.17, 15) is 0 Å². The average Bonchev–Trinajstić information content (AvgIpc) is 2.14. The summed E-state index contributed by atoms with van der Waals surface area (Å²) in [6, 6.07) is 0. The van der Waals surface area contributed by atoms with Gasteiger partial charge in [0, 0.05) is 6.61 Å². The first-order valence-electron chi connectivity index (χ1n) is 4.75. The van der Waals surface area contributed by atoms with E-state index in [-0.39, 0.29) is 12.5 Å². The fourth-order valence-electron chi connectivity index (χ4n) is 1.18. The molecular weight excluding hydrogens is 173 g/mol. The summed E-state index contributed by atoms with van der Waals surface area (Å²) in [4.78, 5) is 0. The first-order chi connectivity index (χ1) is 6.65. The van der Waals surface area contributed by atoms with Crippen molar-refractivity contribution in [2.24, 2.45) is 11.7 Å². The van der Waals surface area contributed by atoms with Crippen molar-refractivity contribution in [1.29, 1.82) is 0 Å². The molecule has 0 aliphatic rings. The number of nitrogens with two attached hydrogens (primary N) is 1. The smallest absolute Gasteiger partial charge is 0.113 e. The second kappa shape index (κ2) is 7.59. The van der Waals surface area contributed by atoms with Crippen LogP contribution in [0.15, 0.2) is 35.9 Å². The van der Waals surface area contributed by atoms with Gasteiger partial charge in [-0.2, -0.15) is 0 Å². The van der Waals surface area contributed by atoms with Gasteiger partial charge in [0.15, 0.2) is 0 Å². The Morgan fingerprint density at radius 2 is 2.29 bits per heavy atom. The van der Waals surface area contributed by atoms with Gasteiger partial charge in [0.1, 0.15) is 7.85 Å². The maximum Gasteiger partial charge on any atom is 0.113 e. The van der Waals surface area contributed by atoms with Crippen molar-refractivity contribution in [2.75, 3.05) is 13.2 Å². The molecule has 3 heteroatoms. The SMILES string of the molecule is [B]C(/C=C\C)=C/C(=C)C(CN)CCO. The molecule has 1 unspecified atom stereocenters. The maximum absolute atomic E-state index is 8.79. The molecular formula is C11H18BNO. The lowest BCUT2D eigenvalue weighted by Crippen LogP contribution is -2.17. The van der Waals surface area contributed by atoms with Gasteiger partial charge in [-0.05, 0) is 25.8 Å². The minimum absolute atomic E-state index is 0.115. The lowest BCUT2D eigenvalue weighted by molar-refractivity contribution is 0.269. The van der Waals surface area contributed by atoms with E-state index in [1.165, 1.54) is 0 Å². The molecule has 0 rings (SSSR count). The molecule has 0 bridgehead atoms. The highest BCUT2D eigenvalue weighted by Gasteiger charge is 2.07. The van der Waals surface area contributed by atoms with Crippen LogP contribution in [-0.4, -0.2) is 26.1 Å². The molecule has 0 heterocycles. The zero-order valence-corrected chi connectivity index (χ0v) is 8.74. The highest BCUT2D eigenvalue weighted by molar-refractivity contribution is 6.23. The third-order valence-electron chi connectivity index (χ3n) is 2.00. The molecule has 0 aromatic heterocycles. The van der Waals surface area contributed by atoms with Gasteiger partial charge in [0.05, 0.1) is 0 Å². The summed E-state index contributed by atoms with van der Waals surface area (Å²) < 4.78 is 0. The standard InChI is InChI=1S/C11H18BNO/c1-3-4-11(12)7-9(2)10(8-13)5-6-14/h3-4,7,10,14H,2,5-6,8,13H2,1H3/b4-3-,11-7+. The van der Waals surface area contributed by atoms with Crippen molar-refractivity contribution in [3.05, 3.63) is 35.9 Å². The largest absolute Gasteiger partial charge is 0.396 e. The number of aliphatic hydroxyl groups is 1. The van der Waals surface area contributed by atoms with Gasteiger partial charge in [0.25, 0.3) is 0 Å². The second-order valence-electron chi connectivity index (χ2n) is 3.16. The zero-order valence-electron chi connectivity index (χ0n) is 8.74. The molecule has 0 saturated carbocycles. The fraction of sp³-hybridized carbons (Fsp3) is 0.455. The molecule has 0 fully saturated rings. The number of hydrogen-bond acceptors (Lipinski definition) is 2. The number of rotatable bonds is 6. The van der Waals surface area contributed by atoms with E-state index in [0.29, 0.717) is 18.4 Å². The predicted molar refractivity (Wildman–Crippen MR) is 62.0 cm³/mol. The molecule has 14 heavy (non-hydrogen) atoms. The number of aliphatic hydroxyl groups excluding tert-OH is 1. The molecule has 0 saturated heterocycles. The summed E-state index contributed by atoms with van der Waals surface area (Å²) in [7, 11) is 5.68. The van der Waals surface area contributed by atoms with Gasteiger partial charge < -0.3 is 10.8 Å². The molecule has 3 N–H and O–H groups in total. The van der Waals surface area contributed by atoms with E-state index in [1.54, 1.807) is 12.2 Å². The van der Waals surface area contributed by atoms with Crippen LogP contribution in [0.4, 0.5) is 0 Å². The van der Waals surface area contributed by atoms with Crippen molar-refractivity contribution in [2.45, 2.75) is 13.3 Å². The molecule has 0 amide bonds. The predicted octanol–water partition coefficient (Wildman–Crippen LogP) is 1.13. The van der Waals surface area contributed by atoms with Crippen molar-refractivity contribution < 1.29 is 5.11 Å². The molecule has 0 aliphatic carbocycles. The average molecular weight is 191 g/mol. The van der Waals surface area contributed by atoms with Gasteiger partial charge >= 0.3 is 0 Å². The van der Waals surface area contributed by atoms with Crippen molar-refractivity contribution >= 4 is 7.85 Å². The Hall–Kier alpha value is -0.795. The minimum Gasteiger partial charge on any atom is -0.396 e. The van der Waals surface area contributed by atoms with Crippen LogP contribution in [0.3, 0.4) is 0 Å². The Labute approximate surface area is 87.6 Å². The van der Waals surface area contributed by atoms with Crippen LogP contribution in [0.2, 0.25) is 0 Å². The van der Waals surface area contributed by atoms with Gasteiger partial charge in [-0.25, -0.2) is 0 Å². The summed E-state index contributed by atoms with van der Waals surface area (Å²) in [5, 5.41) is 8.79. The maximum atomic E-state index is 8.79. The topological polar surface area (TPSA) is 46.2 Å². The Balaban J connectivity index is 4.36. The Morgan fingerprint density at radius 1 is 1.64 bits per heavy atom. The third-order valence-corrected chi connectivity index (χ3v) is 2.00. The summed E-state index contributed by atoms with van der Waals surface area (Å²) in [6.45, 7) is 6.39. The van der Waals surface area contributed by atoms with Crippen LogP contribution in [0.25, 0.3) is 0 Å². The quantitative estimate of drug-likeness (QED) is 0.488. The molecule has 76 valence electrons. The fourth-order valence-corrected chi connectivity index (χ4v) is 1.18. The monoisotopic (exact) mass is 191 g/mol. The molecule has 0 aromatic carbocycles. The van der Waals surface area contributed by atoms with E-state index in [4.69, 9.17) is 18.7 Å². The van der Waals surface area contributed by atoms with E-state index >= 15 is 0 Å². The first-order valence-corrected chi connectivity index (χ1v) is 4.75. The normalized spacial score (nSPS) is 14.6. The van der Waals surface area contributed by atoms with Gasteiger partial charge in [0.2, 0.25) is 0 Å². The summed E-state index contributed by atoms with van der Waals surface area (Å²) >= 11 is 0. The molecule has 0 aromatic rings. The number of allylic oxidation sites excluding steroid dienone is 4. The van der Waals surface area contributed by atoms with E-state index in [2.05, 4.69) is 6.58 Å². The van der Waals surface area contributed by atoms with Crippen molar-refractivity contribution in [1.82, 2.24) is 0 Å². The van der Waals surface area contributed by atoms with Crippen LogP contribution in [0.5, 0.6) is 0 Å². The van der Waals surface area contributed by atoms with Crippen LogP contribution in [0.1, 0.15) is 13.3 Å². The summed E-state index contributed by atoms with van der Waals surface area (Å²) in [5.74, 6) is 0.115. The highest BCUT2D eigenvalue weighted by atomic mass is 16.3. The summed E-state index contributed by atoms with van der Waals surface area (Å²) in [5.41, 5.74) is 7.08.